The molecule has 33 heavy (non-hydrogen) atoms. The van der Waals surface area contributed by atoms with E-state index in [1.807, 2.05) is 18.2 Å². The minimum Gasteiger partial charge on any atom is -0.508 e. The highest BCUT2D eigenvalue weighted by Crippen LogP contribution is 2.34. The SMILES string of the molecule is CC(C)(C)[C@H](NCc1cc(CN[C@@H](c2ccccc2)C(C)(C)C)ccc1O)c1ccccc1. The third kappa shape index (κ3) is 6.93. The molecule has 3 N–H and O–H groups in total. The first-order valence-electron chi connectivity index (χ1n) is 11.9. The van der Waals surface area contributed by atoms with Crippen molar-refractivity contribution in [2.24, 2.45) is 10.8 Å². The molecule has 3 rings (SSSR count). The van der Waals surface area contributed by atoms with E-state index in [1.54, 1.807) is 0 Å². The molecule has 0 heterocycles. The fraction of sp³-hybridized carbons (Fsp3) is 0.400. The van der Waals surface area contributed by atoms with Crippen LogP contribution in [0.3, 0.4) is 0 Å². The van der Waals surface area contributed by atoms with Gasteiger partial charge in [-0.25, -0.2) is 0 Å². The fourth-order valence-corrected chi connectivity index (χ4v) is 4.46. The van der Waals surface area contributed by atoms with Gasteiger partial charge < -0.3 is 15.7 Å². The van der Waals surface area contributed by atoms with Gasteiger partial charge in [-0.2, -0.15) is 0 Å². The molecule has 3 aromatic carbocycles. The lowest BCUT2D eigenvalue weighted by Gasteiger charge is -2.33. The van der Waals surface area contributed by atoms with Gasteiger partial charge in [0.2, 0.25) is 0 Å². The zero-order valence-electron chi connectivity index (χ0n) is 21.0. The average Bonchev–Trinajstić information content (AvgIpc) is 2.75. The molecule has 3 aromatic rings. The first kappa shape index (κ1) is 25.0. The van der Waals surface area contributed by atoms with Gasteiger partial charge in [0.05, 0.1) is 0 Å². The molecular weight excluding hydrogens is 404 g/mol. The molecule has 0 spiro atoms. The van der Waals surface area contributed by atoms with Gasteiger partial charge >= 0.3 is 0 Å². The van der Waals surface area contributed by atoms with E-state index >= 15 is 0 Å². The molecule has 0 fully saturated rings. The largest absolute Gasteiger partial charge is 0.508 e. The molecular formula is C30H40N2O. The van der Waals surface area contributed by atoms with Crippen LogP contribution in [0.15, 0.2) is 78.9 Å². The maximum atomic E-state index is 10.5. The molecule has 0 saturated heterocycles. The maximum Gasteiger partial charge on any atom is 0.120 e. The molecule has 0 aromatic heterocycles. The smallest absolute Gasteiger partial charge is 0.120 e. The summed E-state index contributed by atoms with van der Waals surface area (Å²) in [6, 6.07) is 27.5. The second-order valence-electron chi connectivity index (χ2n) is 11.1. The van der Waals surface area contributed by atoms with Crippen LogP contribution in [0.25, 0.3) is 0 Å². The van der Waals surface area contributed by atoms with Crippen LogP contribution in [-0.4, -0.2) is 5.11 Å². The van der Waals surface area contributed by atoms with E-state index in [0.717, 1.165) is 12.1 Å². The summed E-state index contributed by atoms with van der Waals surface area (Å²) in [5.41, 5.74) is 4.78. The lowest BCUT2D eigenvalue weighted by atomic mass is 9.82. The van der Waals surface area contributed by atoms with Crippen molar-refractivity contribution >= 4 is 0 Å². The van der Waals surface area contributed by atoms with E-state index < -0.39 is 0 Å². The lowest BCUT2D eigenvalue weighted by molar-refractivity contribution is 0.269. The number of hydrogen-bond acceptors (Lipinski definition) is 3. The summed E-state index contributed by atoms with van der Waals surface area (Å²) in [6.45, 7) is 14.9. The normalized spacial score (nSPS) is 14.1. The van der Waals surface area contributed by atoms with Crippen LogP contribution in [0.2, 0.25) is 0 Å². The van der Waals surface area contributed by atoms with Gasteiger partial charge in [-0.05, 0) is 39.7 Å². The van der Waals surface area contributed by atoms with Crippen molar-refractivity contribution < 1.29 is 5.11 Å². The molecule has 0 aliphatic heterocycles. The highest BCUT2D eigenvalue weighted by molar-refractivity contribution is 5.36. The second kappa shape index (κ2) is 10.5. The molecule has 3 heteroatoms. The molecule has 176 valence electrons. The van der Waals surface area contributed by atoms with Crippen LogP contribution in [0.5, 0.6) is 5.75 Å². The summed E-state index contributed by atoms with van der Waals surface area (Å²) in [5.74, 6) is 0.336. The van der Waals surface area contributed by atoms with Crippen molar-refractivity contribution in [1.82, 2.24) is 10.6 Å². The van der Waals surface area contributed by atoms with Crippen LogP contribution in [0.1, 0.15) is 75.9 Å². The number of phenolic OH excluding ortho intramolecular Hbond substituents is 1. The predicted octanol–water partition coefficient (Wildman–Crippen LogP) is 7.15. The molecule has 0 unspecified atom stereocenters. The van der Waals surface area contributed by atoms with Crippen molar-refractivity contribution in [2.75, 3.05) is 0 Å². The third-order valence-electron chi connectivity index (χ3n) is 6.15. The van der Waals surface area contributed by atoms with Crippen LogP contribution >= 0.6 is 0 Å². The molecule has 0 aliphatic rings. The molecule has 0 radical (unpaired) electrons. The molecule has 0 aliphatic carbocycles. The van der Waals surface area contributed by atoms with E-state index in [4.69, 9.17) is 0 Å². The van der Waals surface area contributed by atoms with Crippen molar-refractivity contribution in [3.05, 3.63) is 101 Å². The number of phenols is 1. The van der Waals surface area contributed by atoms with Crippen LogP contribution in [0.4, 0.5) is 0 Å². The van der Waals surface area contributed by atoms with E-state index in [9.17, 15) is 5.11 Å². The van der Waals surface area contributed by atoms with Gasteiger partial charge in [0.25, 0.3) is 0 Å². The Balaban J connectivity index is 1.74. The van der Waals surface area contributed by atoms with Gasteiger partial charge in [-0.3, -0.25) is 0 Å². The minimum atomic E-state index is 0.0474. The van der Waals surface area contributed by atoms with Gasteiger partial charge in [0.1, 0.15) is 5.75 Å². The highest BCUT2D eigenvalue weighted by Gasteiger charge is 2.27. The van der Waals surface area contributed by atoms with Gasteiger partial charge in [-0.1, -0.05) is 108 Å². The third-order valence-corrected chi connectivity index (χ3v) is 6.15. The number of benzene rings is 3. The summed E-state index contributed by atoms with van der Waals surface area (Å²) < 4.78 is 0. The molecule has 0 amide bonds. The average molecular weight is 445 g/mol. The minimum absolute atomic E-state index is 0.0474. The number of aromatic hydroxyl groups is 1. The molecule has 0 saturated carbocycles. The first-order valence-corrected chi connectivity index (χ1v) is 11.9. The Hall–Kier alpha value is -2.62. The van der Waals surface area contributed by atoms with E-state index in [2.05, 4.69) is 113 Å². The monoisotopic (exact) mass is 444 g/mol. The number of hydrogen-bond donors (Lipinski definition) is 3. The van der Waals surface area contributed by atoms with Crippen LogP contribution in [0, 0.1) is 10.8 Å². The Morgan fingerprint density at radius 3 is 1.55 bits per heavy atom. The molecule has 3 nitrogen and oxygen atoms in total. The Labute approximate surface area is 200 Å². The van der Waals surface area contributed by atoms with Crippen LogP contribution < -0.4 is 10.6 Å². The summed E-state index contributed by atoms with van der Waals surface area (Å²) >= 11 is 0. The van der Waals surface area contributed by atoms with Gasteiger partial charge in [-0.15, -0.1) is 0 Å². The maximum absolute atomic E-state index is 10.5. The van der Waals surface area contributed by atoms with Gasteiger partial charge in [0, 0.05) is 30.7 Å². The Morgan fingerprint density at radius 1 is 0.636 bits per heavy atom. The Morgan fingerprint density at radius 2 is 1.09 bits per heavy atom. The summed E-state index contributed by atoms with van der Waals surface area (Å²) in [4.78, 5) is 0. The Kier molecular flexibility index (Phi) is 7.99. The van der Waals surface area contributed by atoms with Crippen molar-refractivity contribution in [2.45, 2.75) is 66.7 Å². The van der Waals surface area contributed by atoms with E-state index in [0.29, 0.717) is 12.3 Å². The zero-order valence-corrected chi connectivity index (χ0v) is 21.0. The Bertz CT molecular complexity index is 1000. The topological polar surface area (TPSA) is 44.3 Å². The lowest BCUT2D eigenvalue weighted by Crippen LogP contribution is -2.32. The molecule has 0 bridgehead atoms. The zero-order chi connectivity index (χ0) is 24.1. The van der Waals surface area contributed by atoms with E-state index in [-0.39, 0.29) is 22.9 Å². The van der Waals surface area contributed by atoms with Crippen molar-refractivity contribution in [1.29, 1.82) is 0 Å². The standard InChI is InChI=1S/C30H40N2O/c1-29(2,3)27(23-13-9-7-10-14-23)31-20-22-17-18-26(33)25(19-22)21-32-28(30(4,5)6)24-15-11-8-12-16-24/h7-19,27-28,31-33H,20-21H2,1-6H3/t27-,28+/m0/s1. The highest BCUT2D eigenvalue weighted by atomic mass is 16.3. The first-order chi connectivity index (χ1) is 15.6. The quantitative estimate of drug-likeness (QED) is 0.346. The van der Waals surface area contributed by atoms with Crippen LogP contribution in [-0.2, 0) is 13.1 Å². The predicted molar refractivity (Wildman–Crippen MR) is 139 cm³/mol. The molecule has 2 atom stereocenters. The van der Waals surface area contributed by atoms with Crippen molar-refractivity contribution in [3.63, 3.8) is 0 Å². The van der Waals surface area contributed by atoms with E-state index in [1.165, 1.54) is 16.7 Å². The fourth-order valence-electron chi connectivity index (χ4n) is 4.46. The van der Waals surface area contributed by atoms with Crippen molar-refractivity contribution in [3.8, 4) is 5.75 Å². The number of nitrogens with one attached hydrogen (secondary N) is 2. The second-order valence-corrected chi connectivity index (χ2v) is 11.1. The summed E-state index contributed by atoms with van der Waals surface area (Å²) in [6.07, 6.45) is 0. The van der Waals surface area contributed by atoms with Gasteiger partial charge in [0.15, 0.2) is 0 Å². The summed E-state index contributed by atoms with van der Waals surface area (Å²) in [5, 5.41) is 18.0. The summed E-state index contributed by atoms with van der Waals surface area (Å²) in [7, 11) is 0. The number of rotatable bonds is 8.